The summed E-state index contributed by atoms with van der Waals surface area (Å²) in [7, 11) is 0. The second-order valence-electron chi connectivity index (χ2n) is 9.39. The van der Waals surface area contributed by atoms with Crippen molar-refractivity contribution in [2.75, 3.05) is 13.2 Å². The second-order valence-corrected chi connectivity index (χ2v) is 13.0. The molecule has 0 radical (unpaired) electrons. The van der Waals surface area contributed by atoms with Crippen LogP contribution in [0.3, 0.4) is 0 Å². The van der Waals surface area contributed by atoms with E-state index in [0.717, 1.165) is 16.2 Å². The molecule has 5 rings (SSSR count). The standard InChI is InChI=1S/C27H26Cl2N4O4S2/c1-13(2)38-26-23(16-5-6-19(28)20(29)10-16)31-27(39-26)33-24(25(34)35)22(15(4)32-33)17-9-14(3)30-21(11-17)37-18-7-8-36-12-18/h5-6,9-11,13,18H,7-8,12H2,1-4H3,(H,34,35)/t18-/m1/s1. The molecule has 4 heterocycles. The maximum Gasteiger partial charge on any atom is 0.355 e. The highest BCUT2D eigenvalue weighted by Gasteiger charge is 2.28. The Morgan fingerprint density at radius 3 is 2.64 bits per heavy atom. The van der Waals surface area contributed by atoms with E-state index in [-0.39, 0.29) is 17.0 Å². The van der Waals surface area contributed by atoms with Crippen molar-refractivity contribution in [1.82, 2.24) is 19.7 Å². The molecule has 0 amide bonds. The zero-order valence-electron chi connectivity index (χ0n) is 21.7. The molecule has 1 N–H and O–H groups in total. The van der Waals surface area contributed by atoms with Crippen LogP contribution in [0.4, 0.5) is 0 Å². The third-order valence-electron chi connectivity index (χ3n) is 5.96. The van der Waals surface area contributed by atoms with E-state index in [0.29, 0.717) is 62.5 Å². The predicted octanol–water partition coefficient (Wildman–Crippen LogP) is 7.35. The number of benzene rings is 1. The van der Waals surface area contributed by atoms with E-state index in [4.69, 9.17) is 37.7 Å². The molecule has 0 bridgehead atoms. The van der Waals surface area contributed by atoms with Crippen molar-refractivity contribution in [3.05, 3.63) is 57.5 Å². The smallest absolute Gasteiger partial charge is 0.355 e. The molecule has 12 heteroatoms. The lowest BCUT2D eigenvalue weighted by molar-refractivity contribution is 0.0687. The Hall–Kier alpha value is -2.63. The Morgan fingerprint density at radius 2 is 1.97 bits per heavy atom. The number of thiazole rings is 1. The van der Waals surface area contributed by atoms with Crippen molar-refractivity contribution in [1.29, 1.82) is 0 Å². The molecule has 1 aliphatic rings. The summed E-state index contributed by atoms with van der Waals surface area (Å²) >= 11 is 15.5. The largest absolute Gasteiger partial charge is 0.476 e. The highest BCUT2D eigenvalue weighted by atomic mass is 35.5. The monoisotopic (exact) mass is 604 g/mol. The van der Waals surface area contributed by atoms with Crippen LogP contribution < -0.4 is 4.74 Å². The van der Waals surface area contributed by atoms with Crippen molar-refractivity contribution in [2.24, 2.45) is 0 Å². The molecule has 0 unspecified atom stereocenters. The number of halogens is 2. The highest BCUT2D eigenvalue weighted by Crippen LogP contribution is 2.42. The average molecular weight is 606 g/mol. The van der Waals surface area contributed by atoms with E-state index >= 15 is 0 Å². The zero-order chi connectivity index (χ0) is 27.8. The van der Waals surface area contributed by atoms with Gasteiger partial charge in [-0.05, 0) is 37.6 Å². The molecule has 1 aliphatic heterocycles. The Balaban J connectivity index is 1.62. The minimum atomic E-state index is -1.11. The Morgan fingerprint density at radius 1 is 1.18 bits per heavy atom. The molecule has 204 valence electrons. The fourth-order valence-corrected chi connectivity index (χ4v) is 7.11. The van der Waals surface area contributed by atoms with Crippen LogP contribution >= 0.6 is 46.3 Å². The number of rotatable bonds is 8. The molecular formula is C27H26Cl2N4O4S2. The van der Waals surface area contributed by atoms with Gasteiger partial charge in [-0.25, -0.2) is 14.8 Å². The van der Waals surface area contributed by atoms with Gasteiger partial charge in [-0.1, -0.05) is 54.5 Å². The van der Waals surface area contributed by atoms with Crippen molar-refractivity contribution in [2.45, 2.75) is 49.7 Å². The molecule has 1 atom stereocenters. The van der Waals surface area contributed by atoms with Crippen molar-refractivity contribution in [3.8, 4) is 33.4 Å². The highest BCUT2D eigenvalue weighted by molar-refractivity contribution is 8.01. The Labute approximate surface area is 244 Å². The van der Waals surface area contributed by atoms with Crippen LogP contribution in [0.1, 0.15) is 42.1 Å². The molecule has 1 fully saturated rings. The van der Waals surface area contributed by atoms with Gasteiger partial charge in [0.05, 0.1) is 38.9 Å². The van der Waals surface area contributed by atoms with Gasteiger partial charge in [0.1, 0.15) is 6.10 Å². The van der Waals surface area contributed by atoms with Gasteiger partial charge in [-0.2, -0.15) is 9.78 Å². The number of thioether (sulfide) groups is 1. The molecule has 0 spiro atoms. The first kappa shape index (κ1) is 27.9. The molecule has 8 nitrogen and oxygen atoms in total. The van der Waals surface area contributed by atoms with E-state index in [1.54, 1.807) is 36.9 Å². The molecule has 1 aromatic carbocycles. The Bertz CT molecular complexity index is 1550. The van der Waals surface area contributed by atoms with Gasteiger partial charge in [-0.3, -0.25) is 0 Å². The van der Waals surface area contributed by atoms with Crippen LogP contribution in [-0.2, 0) is 4.74 Å². The van der Waals surface area contributed by atoms with Gasteiger partial charge in [0.2, 0.25) is 11.0 Å². The Kier molecular flexibility index (Phi) is 8.21. The number of hydrogen-bond donors (Lipinski definition) is 1. The van der Waals surface area contributed by atoms with Gasteiger partial charge >= 0.3 is 5.97 Å². The van der Waals surface area contributed by atoms with Crippen molar-refractivity contribution in [3.63, 3.8) is 0 Å². The normalized spacial score (nSPS) is 15.3. The molecule has 4 aromatic rings. The summed E-state index contributed by atoms with van der Waals surface area (Å²) < 4.78 is 13.8. The summed E-state index contributed by atoms with van der Waals surface area (Å²) in [6, 6.07) is 8.94. The van der Waals surface area contributed by atoms with E-state index < -0.39 is 5.97 Å². The van der Waals surface area contributed by atoms with Gasteiger partial charge < -0.3 is 14.6 Å². The van der Waals surface area contributed by atoms with Crippen LogP contribution in [0.15, 0.2) is 34.5 Å². The molecule has 39 heavy (non-hydrogen) atoms. The number of ether oxygens (including phenoxy) is 2. The quantitative estimate of drug-likeness (QED) is 0.208. The average Bonchev–Trinajstić information content (AvgIpc) is 3.59. The maximum atomic E-state index is 12.7. The SMILES string of the molecule is Cc1cc(-c2c(C)nn(-c3nc(-c4ccc(Cl)c(Cl)c4)c(SC(C)C)s3)c2C(=O)O)cc(O[C@@H]2CCOC2)n1. The van der Waals surface area contributed by atoms with E-state index in [2.05, 4.69) is 23.9 Å². The van der Waals surface area contributed by atoms with Crippen molar-refractivity contribution >= 4 is 52.3 Å². The van der Waals surface area contributed by atoms with Gasteiger partial charge in [-0.15, -0.1) is 11.8 Å². The summed E-state index contributed by atoms with van der Waals surface area (Å²) in [6.45, 7) is 8.96. The number of nitrogens with zero attached hydrogens (tertiary/aromatic N) is 4. The van der Waals surface area contributed by atoms with Gasteiger partial charge in [0, 0.05) is 34.6 Å². The lowest BCUT2D eigenvalue weighted by atomic mass is 10.0. The molecular weight excluding hydrogens is 579 g/mol. The number of aryl methyl sites for hydroxylation is 2. The molecule has 3 aromatic heterocycles. The summed E-state index contributed by atoms with van der Waals surface area (Å²) in [4.78, 5) is 22.0. The topological polar surface area (TPSA) is 99.4 Å². The maximum absolute atomic E-state index is 12.7. The minimum absolute atomic E-state index is 0.0174. The number of aromatic nitrogens is 4. The van der Waals surface area contributed by atoms with Crippen molar-refractivity contribution < 1.29 is 19.4 Å². The fourth-order valence-electron chi connectivity index (χ4n) is 4.33. The lowest BCUT2D eigenvalue weighted by Gasteiger charge is -2.13. The van der Waals surface area contributed by atoms with E-state index in [1.807, 2.05) is 19.1 Å². The number of carboxylic acid groups (broad SMARTS) is 1. The van der Waals surface area contributed by atoms with Crippen LogP contribution in [0, 0.1) is 13.8 Å². The van der Waals surface area contributed by atoms with Gasteiger partial charge in [0.15, 0.2) is 5.69 Å². The van der Waals surface area contributed by atoms with Crippen LogP contribution in [0.2, 0.25) is 10.0 Å². The first-order chi connectivity index (χ1) is 18.6. The number of hydrogen-bond acceptors (Lipinski definition) is 8. The minimum Gasteiger partial charge on any atom is -0.476 e. The molecule has 0 saturated carbocycles. The summed E-state index contributed by atoms with van der Waals surface area (Å²) in [5.41, 5.74) is 3.92. The van der Waals surface area contributed by atoms with Crippen LogP contribution in [-0.4, -0.2) is 55.4 Å². The third-order valence-corrected chi connectivity index (χ3v) is 8.94. The predicted molar refractivity (Wildman–Crippen MR) is 155 cm³/mol. The van der Waals surface area contributed by atoms with Crippen LogP contribution in [0.25, 0.3) is 27.5 Å². The third kappa shape index (κ3) is 5.95. The second kappa shape index (κ2) is 11.5. The number of aromatic carboxylic acids is 1. The molecule has 1 saturated heterocycles. The van der Waals surface area contributed by atoms with E-state index in [1.165, 1.54) is 16.0 Å². The first-order valence-corrected chi connectivity index (χ1v) is 14.8. The molecule has 0 aliphatic carbocycles. The fraction of sp³-hybridized carbons (Fsp3) is 0.333. The van der Waals surface area contributed by atoms with Crippen LogP contribution in [0.5, 0.6) is 5.88 Å². The number of carboxylic acids is 1. The summed E-state index contributed by atoms with van der Waals surface area (Å²) in [5, 5.41) is 16.6. The first-order valence-electron chi connectivity index (χ1n) is 12.3. The lowest BCUT2D eigenvalue weighted by Crippen LogP contribution is -2.16. The zero-order valence-corrected chi connectivity index (χ0v) is 24.8. The van der Waals surface area contributed by atoms with Gasteiger partial charge in [0.25, 0.3) is 0 Å². The number of carbonyl (C=O) groups is 1. The summed E-state index contributed by atoms with van der Waals surface area (Å²) in [6.07, 6.45) is 0.700. The summed E-state index contributed by atoms with van der Waals surface area (Å²) in [5.74, 6) is -0.688. The van der Waals surface area contributed by atoms with E-state index in [9.17, 15) is 9.90 Å². The number of pyridine rings is 1.